The second kappa shape index (κ2) is 8.39. The van der Waals surface area contributed by atoms with E-state index in [1.807, 2.05) is 0 Å². The average molecular weight is 415 g/mol. The maximum atomic E-state index is 12.5. The van der Waals surface area contributed by atoms with Crippen molar-refractivity contribution in [2.75, 3.05) is 10.0 Å². The number of allylic oxidation sites excluding steroid dienone is 2. The standard InChI is InChI=1S/C19H20N4O5S/c1-12-10-11-20-19(21-12)23-29(27,28)14-8-6-13(7-9-14)22-17(24)15-4-2-3-5-16(15)18(25)26/h2-3,6-11,15-16H,4-5H2,1H3,(H,22,24)(H,25,26)(H,20,21,23)/p-1/t15-,16-/m0/s1. The summed E-state index contributed by atoms with van der Waals surface area (Å²) in [4.78, 5) is 31.5. The number of carbonyl (C=O) groups is 2. The fraction of sp³-hybridized carbons (Fsp3) is 0.263. The van der Waals surface area contributed by atoms with Gasteiger partial charge in [-0.15, -0.1) is 0 Å². The van der Waals surface area contributed by atoms with Gasteiger partial charge in [-0.2, -0.15) is 0 Å². The molecule has 0 bridgehead atoms. The highest BCUT2D eigenvalue weighted by Crippen LogP contribution is 2.27. The van der Waals surface area contributed by atoms with E-state index in [1.165, 1.54) is 30.5 Å². The first kappa shape index (κ1) is 20.5. The molecule has 2 atom stereocenters. The van der Waals surface area contributed by atoms with Gasteiger partial charge < -0.3 is 15.2 Å². The molecule has 0 fully saturated rings. The lowest BCUT2D eigenvalue weighted by molar-refractivity contribution is -0.313. The minimum Gasteiger partial charge on any atom is -0.550 e. The van der Waals surface area contributed by atoms with E-state index in [0.717, 1.165) is 0 Å². The van der Waals surface area contributed by atoms with Gasteiger partial charge in [0.1, 0.15) is 0 Å². The number of benzene rings is 1. The van der Waals surface area contributed by atoms with Gasteiger partial charge in [-0.25, -0.2) is 23.1 Å². The van der Waals surface area contributed by atoms with Crippen LogP contribution in [0.4, 0.5) is 11.6 Å². The molecule has 0 aliphatic heterocycles. The van der Waals surface area contributed by atoms with Crippen LogP contribution in [-0.2, 0) is 19.6 Å². The van der Waals surface area contributed by atoms with Crippen molar-refractivity contribution in [3.05, 3.63) is 54.4 Å². The Bertz CT molecular complexity index is 1050. The van der Waals surface area contributed by atoms with E-state index in [1.54, 1.807) is 25.1 Å². The number of nitrogens with zero attached hydrogens (tertiary/aromatic N) is 2. The fourth-order valence-corrected chi connectivity index (χ4v) is 3.94. The quantitative estimate of drug-likeness (QED) is 0.666. The van der Waals surface area contributed by atoms with Crippen molar-refractivity contribution in [3.8, 4) is 0 Å². The number of anilines is 2. The number of rotatable bonds is 6. The Morgan fingerprint density at radius 3 is 2.34 bits per heavy atom. The Morgan fingerprint density at radius 1 is 1.07 bits per heavy atom. The van der Waals surface area contributed by atoms with Crippen molar-refractivity contribution in [2.45, 2.75) is 24.7 Å². The number of aryl methyl sites for hydroxylation is 1. The maximum Gasteiger partial charge on any atom is 0.264 e. The van der Waals surface area contributed by atoms with Crippen LogP contribution in [0.5, 0.6) is 0 Å². The predicted molar refractivity (Wildman–Crippen MR) is 103 cm³/mol. The summed E-state index contributed by atoms with van der Waals surface area (Å²) in [6.07, 6.45) is 5.47. The van der Waals surface area contributed by atoms with Crippen molar-refractivity contribution >= 4 is 33.5 Å². The van der Waals surface area contributed by atoms with Crippen LogP contribution in [0.25, 0.3) is 0 Å². The van der Waals surface area contributed by atoms with E-state index in [0.29, 0.717) is 17.8 Å². The number of sulfonamides is 1. The number of hydrogen-bond acceptors (Lipinski definition) is 7. The van der Waals surface area contributed by atoms with Crippen molar-refractivity contribution < 1.29 is 23.1 Å². The minimum absolute atomic E-state index is 0.0335. The Morgan fingerprint density at radius 2 is 1.72 bits per heavy atom. The molecule has 29 heavy (non-hydrogen) atoms. The number of aromatic nitrogens is 2. The summed E-state index contributed by atoms with van der Waals surface area (Å²) in [6.45, 7) is 1.71. The summed E-state index contributed by atoms with van der Waals surface area (Å²) >= 11 is 0. The van der Waals surface area contributed by atoms with E-state index < -0.39 is 33.7 Å². The van der Waals surface area contributed by atoms with Crippen LogP contribution in [0.2, 0.25) is 0 Å². The van der Waals surface area contributed by atoms with Gasteiger partial charge in [-0.1, -0.05) is 12.2 Å². The van der Waals surface area contributed by atoms with Crippen LogP contribution in [-0.4, -0.2) is 30.3 Å². The first-order chi connectivity index (χ1) is 13.8. The number of carbonyl (C=O) groups excluding carboxylic acids is 2. The summed E-state index contributed by atoms with van der Waals surface area (Å²) in [7, 11) is -3.90. The van der Waals surface area contributed by atoms with E-state index in [4.69, 9.17) is 0 Å². The molecule has 1 aliphatic rings. The highest BCUT2D eigenvalue weighted by molar-refractivity contribution is 7.92. The molecule has 1 aromatic heterocycles. The zero-order valence-electron chi connectivity index (χ0n) is 15.5. The van der Waals surface area contributed by atoms with Gasteiger partial charge in [-0.3, -0.25) is 4.79 Å². The molecule has 9 nitrogen and oxygen atoms in total. The molecule has 0 saturated heterocycles. The van der Waals surface area contributed by atoms with Crippen molar-refractivity contribution in [3.63, 3.8) is 0 Å². The van der Waals surface area contributed by atoms with Gasteiger partial charge in [0.15, 0.2) is 0 Å². The first-order valence-electron chi connectivity index (χ1n) is 8.85. The van der Waals surface area contributed by atoms with Crippen LogP contribution in [0.1, 0.15) is 18.5 Å². The minimum atomic E-state index is -3.90. The molecule has 0 saturated carbocycles. The molecule has 0 spiro atoms. The molecule has 2 N–H and O–H groups in total. The second-order valence-corrected chi connectivity index (χ2v) is 8.30. The number of hydrogen-bond donors (Lipinski definition) is 2. The lowest BCUT2D eigenvalue weighted by Crippen LogP contribution is -2.41. The molecular weight excluding hydrogens is 396 g/mol. The molecule has 10 heteroatoms. The molecule has 152 valence electrons. The number of carboxylic acid groups (broad SMARTS) is 1. The fourth-order valence-electron chi connectivity index (χ4n) is 2.99. The Hall–Kier alpha value is -3.27. The lowest BCUT2D eigenvalue weighted by atomic mass is 9.82. The topological polar surface area (TPSA) is 141 Å². The summed E-state index contributed by atoms with van der Waals surface area (Å²) < 4.78 is 27.2. The Kier molecular flexibility index (Phi) is 5.92. The van der Waals surface area contributed by atoms with Gasteiger partial charge in [0, 0.05) is 29.5 Å². The van der Waals surface area contributed by atoms with Crippen molar-refractivity contribution in [1.82, 2.24) is 9.97 Å². The van der Waals surface area contributed by atoms with Crippen molar-refractivity contribution in [1.29, 1.82) is 0 Å². The molecule has 1 amide bonds. The largest absolute Gasteiger partial charge is 0.550 e. The number of aliphatic carboxylic acids is 1. The molecule has 2 aromatic rings. The third-order valence-electron chi connectivity index (χ3n) is 4.52. The third-order valence-corrected chi connectivity index (χ3v) is 5.87. The summed E-state index contributed by atoms with van der Waals surface area (Å²) in [5.41, 5.74) is 0.968. The highest BCUT2D eigenvalue weighted by atomic mass is 32.2. The van der Waals surface area contributed by atoms with Crippen LogP contribution in [0, 0.1) is 18.8 Å². The molecular formula is C19H19N4O5S-. The van der Waals surface area contributed by atoms with E-state index in [9.17, 15) is 23.1 Å². The number of amides is 1. The van der Waals surface area contributed by atoms with Crippen LogP contribution >= 0.6 is 0 Å². The number of nitrogens with one attached hydrogen (secondary N) is 2. The summed E-state index contributed by atoms with van der Waals surface area (Å²) in [5, 5.41) is 13.9. The van der Waals surface area contributed by atoms with Crippen LogP contribution in [0.3, 0.4) is 0 Å². The van der Waals surface area contributed by atoms with E-state index in [2.05, 4.69) is 20.0 Å². The van der Waals surface area contributed by atoms with Gasteiger partial charge in [0.25, 0.3) is 10.0 Å². The zero-order valence-corrected chi connectivity index (χ0v) is 16.3. The molecule has 0 radical (unpaired) electrons. The van der Waals surface area contributed by atoms with Gasteiger partial charge in [0.2, 0.25) is 11.9 Å². The number of carboxylic acids is 1. The SMILES string of the molecule is Cc1ccnc(NS(=O)(=O)c2ccc(NC(=O)[C@H]3CC=CC[C@@H]3C(=O)[O-])cc2)n1. The molecule has 1 aliphatic carbocycles. The summed E-state index contributed by atoms with van der Waals surface area (Å²) in [5.74, 6) is -3.39. The Labute approximate surface area is 167 Å². The van der Waals surface area contributed by atoms with Crippen LogP contribution in [0.15, 0.2) is 53.6 Å². The second-order valence-electron chi connectivity index (χ2n) is 6.62. The normalized spacial score (nSPS) is 18.8. The van der Waals surface area contributed by atoms with E-state index in [-0.39, 0.29) is 17.3 Å². The first-order valence-corrected chi connectivity index (χ1v) is 10.3. The monoisotopic (exact) mass is 415 g/mol. The molecule has 3 rings (SSSR count). The van der Waals surface area contributed by atoms with Crippen molar-refractivity contribution in [2.24, 2.45) is 11.8 Å². The molecule has 1 heterocycles. The summed E-state index contributed by atoms with van der Waals surface area (Å²) in [6, 6.07) is 7.14. The van der Waals surface area contributed by atoms with Crippen LogP contribution < -0.4 is 15.1 Å². The highest BCUT2D eigenvalue weighted by Gasteiger charge is 2.29. The van der Waals surface area contributed by atoms with Gasteiger partial charge in [0.05, 0.1) is 10.8 Å². The lowest BCUT2D eigenvalue weighted by Gasteiger charge is -2.28. The third kappa shape index (κ3) is 4.96. The van der Waals surface area contributed by atoms with E-state index >= 15 is 0 Å². The Balaban J connectivity index is 1.70. The molecule has 1 aromatic carbocycles. The predicted octanol–water partition coefficient (Wildman–Crippen LogP) is 0.857. The maximum absolute atomic E-state index is 12.5. The smallest absolute Gasteiger partial charge is 0.264 e. The van der Waals surface area contributed by atoms with Gasteiger partial charge in [-0.05, 0) is 50.1 Å². The zero-order chi connectivity index (χ0) is 21.0. The average Bonchev–Trinajstić information content (AvgIpc) is 2.68. The molecule has 0 unspecified atom stereocenters. The van der Waals surface area contributed by atoms with Gasteiger partial charge >= 0.3 is 0 Å².